The Balaban J connectivity index is 1.38. The highest BCUT2D eigenvalue weighted by Crippen LogP contribution is 2.24. The summed E-state index contributed by atoms with van der Waals surface area (Å²) in [5.74, 6) is 0.867. The standard InChI is InChI=1S/C26H31N5O3/c1-18-8-7-11-22(20(18)3)27-24(32)17-30-12-14-31(15-13-30)25(21-9-5-4-6-10-21)26(33)28-23-16-19(2)34-29-23/h4-11,16,25H,12-15,17H2,1-3H3,(H,27,32)(H,28,29,33)/t25-/m1/s1. The Kier molecular flexibility index (Phi) is 7.40. The fraction of sp³-hybridized carbons (Fsp3) is 0.346. The van der Waals surface area contributed by atoms with E-state index in [1.807, 2.05) is 62.4 Å². The molecule has 178 valence electrons. The number of nitrogens with one attached hydrogen (secondary N) is 2. The molecule has 0 aliphatic carbocycles. The summed E-state index contributed by atoms with van der Waals surface area (Å²) in [4.78, 5) is 30.2. The minimum atomic E-state index is -0.455. The Morgan fingerprint density at radius 1 is 0.971 bits per heavy atom. The molecule has 8 heteroatoms. The smallest absolute Gasteiger partial charge is 0.247 e. The van der Waals surface area contributed by atoms with Gasteiger partial charge in [-0.15, -0.1) is 0 Å². The third-order valence-electron chi connectivity index (χ3n) is 6.26. The van der Waals surface area contributed by atoms with Crippen molar-refractivity contribution in [3.8, 4) is 0 Å². The molecule has 1 atom stereocenters. The van der Waals surface area contributed by atoms with Crippen molar-refractivity contribution in [2.24, 2.45) is 0 Å². The molecule has 0 radical (unpaired) electrons. The van der Waals surface area contributed by atoms with Crippen LogP contribution in [0.5, 0.6) is 0 Å². The molecule has 0 spiro atoms. The van der Waals surface area contributed by atoms with E-state index in [9.17, 15) is 9.59 Å². The number of hydrogen-bond acceptors (Lipinski definition) is 6. The first-order valence-corrected chi connectivity index (χ1v) is 11.5. The van der Waals surface area contributed by atoms with Gasteiger partial charge in [0.15, 0.2) is 5.82 Å². The van der Waals surface area contributed by atoms with Crippen LogP contribution in [-0.4, -0.2) is 59.5 Å². The average Bonchev–Trinajstić information content (AvgIpc) is 3.23. The molecule has 1 aliphatic heterocycles. The molecule has 2 N–H and O–H groups in total. The van der Waals surface area contributed by atoms with Crippen LogP contribution in [0, 0.1) is 20.8 Å². The van der Waals surface area contributed by atoms with Crippen LogP contribution in [0.4, 0.5) is 11.5 Å². The normalized spacial score (nSPS) is 15.6. The predicted molar refractivity (Wildman–Crippen MR) is 132 cm³/mol. The summed E-state index contributed by atoms with van der Waals surface area (Å²) in [5, 5.41) is 9.80. The quantitative estimate of drug-likeness (QED) is 0.559. The van der Waals surface area contributed by atoms with Crippen molar-refractivity contribution >= 4 is 23.3 Å². The Labute approximate surface area is 199 Å². The molecule has 0 saturated carbocycles. The molecule has 8 nitrogen and oxygen atoms in total. The van der Waals surface area contributed by atoms with Gasteiger partial charge in [-0.05, 0) is 43.5 Å². The lowest BCUT2D eigenvalue weighted by atomic mass is 10.0. The van der Waals surface area contributed by atoms with Gasteiger partial charge in [-0.1, -0.05) is 47.6 Å². The molecule has 1 aliphatic rings. The number of anilines is 2. The van der Waals surface area contributed by atoms with Crippen molar-refractivity contribution in [1.29, 1.82) is 0 Å². The van der Waals surface area contributed by atoms with Crippen LogP contribution < -0.4 is 10.6 Å². The largest absolute Gasteiger partial charge is 0.360 e. The summed E-state index contributed by atoms with van der Waals surface area (Å²) in [6.45, 7) is 8.88. The lowest BCUT2D eigenvalue weighted by Gasteiger charge is -2.38. The van der Waals surface area contributed by atoms with E-state index >= 15 is 0 Å². The second kappa shape index (κ2) is 10.6. The molecule has 34 heavy (non-hydrogen) atoms. The maximum absolute atomic E-state index is 13.2. The van der Waals surface area contributed by atoms with Crippen molar-refractivity contribution in [2.45, 2.75) is 26.8 Å². The predicted octanol–water partition coefficient (Wildman–Crippen LogP) is 3.54. The Morgan fingerprint density at radius 3 is 2.38 bits per heavy atom. The summed E-state index contributed by atoms with van der Waals surface area (Å²) in [6, 6.07) is 16.9. The number of benzene rings is 2. The average molecular weight is 462 g/mol. The Bertz CT molecular complexity index is 1140. The van der Waals surface area contributed by atoms with E-state index in [4.69, 9.17) is 4.52 Å². The zero-order valence-corrected chi connectivity index (χ0v) is 19.9. The number of piperazine rings is 1. The highest BCUT2D eigenvalue weighted by molar-refractivity contribution is 5.95. The first-order valence-electron chi connectivity index (χ1n) is 11.5. The lowest BCUT2D eigenvalue weighted by molar-refractivity contribution is -0.123. The van der Waals surface area contributed by atoms with Gasteiger partial charge in [-0.3, -0.25) is 19.4 Å². The summed E-state index contributed by atoms with van der Waals surface area (Å²) in [5.41, 5.74) is 4.01. The van der Waals surface area contributed by atoms with Gasteiger partial charge in [0.25, 0.3) is 0 Å². The number of hydrogen-bond donors (Lipinski definition) is 2. The van der Waals surface area contributed by atoms with E-state index in [2.05, 4.69) is 25.6 Å². The van der Waals surface area contributed by atoms with E-state index < -0.39 is 6.04 Å². The third-order valence-corrected chi connectivity index (χ3v) is 6.26. The van der Waals surface area contributed by atoms with E-state index in [0.29, 0.717) is 44.3 Å². The molecule has 2 heterocycles. The summed E-state index contributed by atoms with van der Waals surface area (Å²) < 4.78 is 5.08. The van der Waals surface area contributed by atoms with Gasteiger partial charge in [0.2, 0.25) is 11.8 Å². The second-order valence-electron chi connectivity index (χ2n) is 8.73. The summed E-state index contributed by atoms with van der Waals surface area (Å²) in [7, 11) is 0. The highest BCUT2D eigenvalue weighted by atomic mass is 16.5. The van der Waals surface area contributed by atoms with Crippen LogP contribution in [0.2, 0.25) is 0 Å². The number of nitrogens with zero attached hydrogens (tertiary/aromatic N) is 3. The topological polar surface area (TPSA) is 90.7 Å². The fourth-order valence-corrected chi connectivity index (χ4v) is 4.24. The molecular weight excluding hydrogens is 430 g/mol. The maximum atomic E-state index is 13.2. The van der Waals surface area contributed by atoms with Crippen LogP contribution in [-0.2, 0) is 9.59 Å². The molecule has 4 rings (SSSR count). The number of aromatic nitrogens is 1. The number of amides is 2. The van der Waals surface area contributed by atoms with Gasteiger partial charge in [-0.2, -0.15) is 0 Å². The number of rotatable bonds is 7. The Hall–Kier alpha value is -3.49. The zero-order valence-electron chi connectivity index (χ0n) is 19.9. The summed E-state index contributed by atoms with van der Waals surface area (Å²) in [6.07, 6.45) is 0. The minimum Gasteiger partial charge on any atom is -0.360 e. The first kappa shape index (κ1) is 23.7. The fourth-order valence-electron chi connectivity index (χ4n) is 4.24. The van der Waals surface area contributed by atoms with Crippen LogP contribution in [0.3, 0.4) is 0 Å². The van der Waals surface area contributed by atoms with Crippen molar-refractivity contribution in [3.05, 3.63) is 77.0 Å². The molecule has 0 bridgehead atoms. The lowest BCUT2D eigenvalue weighted by Crippen LogP contribution is -2.51. The molecule has 3 aromatic rings. The monoisotopic (exact) mass is 461 g/mol. The van der Waals surface area contributed by atoms with E-state index in [-0.39, 0.29) is 11.8 Å². The van der Waals surface area contributed by atoms with Crippen molar-refractivity contribution < 1.29 is 14.1 Å². The highest BCUT2D eigenvalue weighted by Gasteiger charge is 2.31. The molecule has 2 amide bonds. The van der Waals surface area contributed by atoms with Gasteiger partial charge in [0, 0.05) is 37.9 Å². The van der Waals surface area contributed by atoms with Gasteiger partial charge in [0.05, 0.1) is 6.54 Å². The minimum absolute atomic E-state index is 0.0269. The van der Waals surface area contributed by atoms with Crippen molar-refractivity contribution in [2.75, 3.05) is 43.4 Å². The molecule has 0 unspecified atom stereocenters. The van der Waals surface area contributed by atoms with E-state index in [1.165, 1.54) is 0 Å². The van der Waals surface area contributed by atoms with Gasteiger partial charge >= 0.3 is 0 Å². The number of carbonyl (C=O) groups excluding carboxylic acids is 2. The van der Waals surface area contributed by atoms with Crippen LogP contribution >= 0.6 is 0 Å². The molecule has 1 saturated heterocycles. The SMILES string of the molecule is Cc1cc(NC(=O)[C@@H](c2ccccc2)N2CCN(CC(=O)Nc3cccc(C)c3C)CC2)no1. The third kappa shape index (κ3) is 5.70. The van der Waals surface area contributed by atoms with Gasteiger partial charge in [0.1, 0.15) is 11.8 Å². The van der Waals surface area contributed by atoms with Crippen LogP contribution in [0.15, 0.2) is 59.1 Å². The van der Waals surface area contributed by atoms with Gasteiger partial charge in [-0.25, -0.2) is 0 Å². The number of carbonyl (C=O) groups is 2. The van der Waals surface area contributed by atoms with Crippen molar-refractivity contribution in [3.63, 3.8) is 0 Å². The van der Waals surface area contributed by atoms with Crippen LogP contribution in [0.1, 0.15) is 28.5 Å². The number of aryl methyl sites for hydroxylation is 2. The first-order chi connectivity index (χ1) is 16.4. The van der Waals surface area contributed by atoms with E-state index in [1.54, 1.807) is 13.0 Å². The van der Waals surface area contributed by atoms with E-state index in [0.717, 1.165) is 22.4 Å². The molecular formula is C26H31N5O3. The van der Waals surface area contributed by atoms with Crippen molar-refractivity contribution in [1.82, 2.24) is 15.0 Å². The summed E-state index contributed by atoms with van der Waals surface area (Å²) >= 11 is 0. The molecule has 2 aromatic carbocycles. The van der Waals surface area contributed by atoms with Gasteiger partial charge < -0.3 is 15.2 Å². The Morgan fingerprint density at radius 2 is 1.71 bits per heavy atom. The second-order valence-corrected chi connectivity index (χ2v) is 8.73. The molecule has 1 aromatic heterocycles. The maximum Gasteiger partial charge on any atom is 0.247 e. The zero-order chi connectivity index (χ0) is 24.1. The van der Waals surface area contributed by atoms with Crippen LogP contribution in [0.25, 0.3) is 0 Å². The molecule has 1 fully saturated rings.